The topological polar surface area (TPSA) is 47.6 Å². The molecule has 1 heterocycles. The van der Waals surface area contributed by atoms with Gasteiger partial charge in [-0.25, -0.2) is 0 Å². The van der Waals surface area contributed by atoms with E-state index < -0.39 is 0 Å². The fraction of sp³-hybridized carbons (Fsp3) is 0.278. The third kappa shape index (κ3) is 4.62. The molecule has 1 amide bonds. The predicted octanol–water partition coefficient (Wildman–Crippen LogP) is 4.75. The molecular formula is C18H17ClINO3. The summed E-state index contributed by atoms with van der Waals surface area (Å²) in [4.78, 5) is 12.3. The summed E-state index contributed by atoms with van der Waals surface area (Å²) < 4.78 is 12.2. The summed E-state index contributed by atoms with van der Waals surface area (Å²) in [7, 11) is 0. The van der Waals surface area contributed by atoms with Gasteiger partial charge >= 0.3 is 0 Å². The number of carbonyl (C=O) groups excluding carboxylic acids is 1. The summed E-state index contributed by atoms with van der Waals surface area (Å²) in [6.45, 7) is 1.36. The summed E-state index contributed by atoms with van der Waals surface area (Å²) in [5.74, 6) is 0.526. The molecule has 1 aliphatic heterocycles. The molecule has 24 heavy (non-hydrogen) atoms. The highest BCUT2D eigenvalue weighted by molar-refractivity contribution is 14.1. The molecule has 0 spiro atoms. The second-order valence-corrected chi connectivity index (χ2v) is 7.20. The number of hydrogen-bond donors (Lipinski definition) is 1. The first-order chi connectivity index (χ1) is 11.6. The van der Waals surface area contributed by atoms with Crippen molar-refractivity contribution >= 4 is 45.8 Å². The minimum absolute atomic E-state index is 0.177. The molecule has 4 nitrogen and oxygen atoms in total. The molecule has 1 unspecified atom stereocenters. The van der Waals surface area contributed by atoms with E-state index in [0.29, 0.717) is 22.9 Å². The van der Waals surface area contributed by atoms with Crippen LogP contribution in [-0.4, -0.2) is 25.2 Å². The second kappa shape index (κ2) is 8.18. The second-order valence-electron chi connectivity index (χ2n) is 5.55. The van der Waals surface area contributed by atoms with Crippen LogP contribution in [-0.2, 0) is 4.74 Å². The number of anilines is 1. The van der Waals surface area contributed by atoms with Crippen LogP contribution in [0.15, 0.2) is 42.5 Å². The number of nitrogens with one attached hydrogen (secondary N) is 1. The van der Waals surface area contributed by atoms with Gasteiger partial charge < -0.3 is 14.8 Å². The van der Waals surface area contributed by atoms with Crippen LogP contribution >= 0.6 is 34.2 Å². The van der Waals surface area contributed by atoms with Crippen LogP contribution in [0.5, 0.6) is 5.75 Å². The summed E-state index contributed by atoms with van der Waals surface area (Å²) in [6.07, 6.45) is 2.31. The molecule has 2 aromatic rings. The lowest BCUT2D eigenvalue weighted by atomic mass is 10.2. The van der Waals surface area contributed by atoms with E-state index in [1.807, 2.05) is 6.07 Å². The van der Waals surface area contributed by atoms with Gasteiger partial charge in [0, 0.05) is 15.7 Å². The monoisotopic (exact) mass is 457 g/mol. The molecule has 2 aromatic carbocycles. The Morgan fingerprint density at radius 2 is 2.08 bits per heavy atom. The first-order valence-electron chi connectivity index (χ1n) is 7.73. The van der Waals surface area contributed by atoms with Crippen LogP contribution in [0, 0.1) is 3.57 Å². The van der Waals surface area contributed by atoms with Crippen molar-refractivity contribution in [2.24, 2.45) is 0 Å². The zero-order chi connectivity index (χ0) is 16.9. The van der Waals surface area contributed by atoms with Crippen molar-refractivity contribution in [3.05, 3.63) is 56.6 Å². The number of carbonyl (C=O) groups is 1. The highest BCUT2D eigenvalue weighted by atomic mass is 127. The van der Waals surface area contributed by atoms with Gasteiger partial charge in [-0.2, -0.15) is 0 Å². The number of rotatable bonds is 5. The molecule has 3 rings (SSSR count). The Kier molecular flexibility index (Phi) is 5.97. The quantitative estimate of drug-likeness (QED) is 0.659. The molecule has 1 saturated heterocycles. The fourth-order valence-electron chi connectivity index (χ4n) is 2.45. The average molecular weight is 458 g/mol. The minimum Gasteiger partial charge on any atom is -0.491 e. The van der Waals surface area contributed by atoms with Crippen LogP contribution in [0.1, 0.15) is 23.2 Å². The van der Waals surface area contributed by atoms with Crippen molar-refractivity contribution < 1.29 is 14.3 Å². The van der Waals surface area contributed by atoms with Gasteiger partial charge in [-0.3, -0.25) is 4.79 Å². The Balaban J connectivity index is 1.58. The molecule has 1 N–H and O–H groups in total. The third-order valence-corrected chi connectivity index (χ3v) is 4.74. The summed E-state index contributed by atoms with van der Waals surface area (Å²) >= 11 is 8.31. The summed E-state index contributed by atoms with van der Waals surface area (Å²) in [6, 6.07) is 12.5. The van der Waals surface area contributed by atoms with E-state index in [0.717, 1.165) is 28.8 Å². The van der Waals surface area contributed by atoms with E-state index >= 15 is 0 Å². The minimum atomic E-state index is -0.205. The Labute approximate surface area is 159 Å². The molecule has 1 aliphatic rings. The molecule has 126 valence electrons. The lowest BCUT2D eigenvalue weighted by molar-refractivity contribution is 0.0679. The van der Waals surface area contributed by atoms with Gasteiger partial charge in [0.05, 0.1) is 16.8 Å². The lowest BCUT2D eigenvalue weighted by Crippen LogP contribution is -2.16. The SMILES string of the molecule is O=C(Nc1ccc(I)cc1Cl)c1ccc(OCC2CCCO2)cc1. The van der Waals surface area contributed by atoms with Crippen molar-refractivity contribution in [3.8, 4) is 5.75 Å². The van der Waals surface area contributed by atoms with E-state index in [-0.39, 0.29) is 12.0 Å². The molecule has 1 atom stereocenters. The molecule has 0 aliphatic carbocycles. The first kappa shape index (κ1) is 17.5. The van der Waals surface area contributed by atoms with Gasteiger partial charge in [-0.1, -0.05) is 11.6 Å². The van der Waals surface area contributed by atoms with E-state index in [1.54, 1.807) is 36.4 Å². The van der Waals surface area contributed by atoms with Gasteiger partial charge in [0.15, 0.2) is 0 Å². The fourth-order valence-corrected chi connectivity index (χ4v) is 3.36. The van der Waals surface area contributed by atoms with Gasteiger partial charge in [0.1, 0.15) is 12.4 Å². The Bertz CT molecular complexity index is 715. The highest BCUT2D eigenvalue weighted by Crippen LogP contribution is 2.24. The first-order valence-corrected chi connectivity index (χ1v) is 9.18. The van der Waals surface area contributed by atoms with Crippen LogP contribution in [0.4, 0.5) is 5.69 Å². The van der Waals surface area contributed by atoms with E-state index in [1.165, 1.54) is 0 Å². The van der Waals surface area contributed by atoms with E-state index in [4.69, 9.17) is 21.1 Å². The Morgan fingerprint density at radius 3 is 2.75 bits per heavy atom. The molecule has 0 radical (unpaired) electrons. The Hall–Kier alpha value is -1.31. The number of ether oxygens (including phenoxy) is 2. The largest absolute Gasteiger partial charge is 0.491 e. The molecular weight excluding hydrogens is 441 g/mol. The molecule has 0 bridgehead atoms. The van der Waals surface area contributed by atoms with Crippen LogP contribution in [0.2, 0.25) is 5.02 Å². The zero-order valence-electron chi connectivity index (χ0n) is 12.9. The average Bonchev–Trinajstić information content (AvgIpc) is 3.09. The standard InChI is InChI=1S/C18H17ClINO3/c19-16-10-13(20)5-8-17(16)21-18(22)12-3-6-14(7-4-12)24-11-15-2-1-9-23-15/h3-8,10,15H,1-2,9,11H2,(H,21,22). The number of hydrogen-bond acceptors (Lipinski definition) is 3. The van der Waals surface area contributed by atoms with Gasteiger partial charge in [-0.15, -0.1) is 0 Å². The summed E-state index contributed by atoms with van der Waals surface area (Å²) in [5, 5.41) is 3.34. The van der Waals surface area contributed by atoms with E-state index in [2.05, 4.69) is 27.9 Å². The van der Waals surface area contributed by atoms with Crippen molar-refractivity contribution in [2.45, 2.75) is 18.9 Å². The maximum absolute atomic E-state index is 12.3. The van der Waals surface area contributed by atoms with Gasteiger partial charge in [-0.05, 0) is 77.9 Å². The molecule has 0 saturated carbocycles. The van der Waals surface area contributed by atoms with Gasteiger partial charge in [0.25, 0.3) is 5.91 Å². The Morgan fingerprint density at radius 1 is 1.29 bits per heavy atom. The maximum atomic E-state index is 12.3. The third-order valence-electron chi connectivity index (χ3n) is 3.76. The maximum Gasteiger partial charge on any atom is 0.255 e. The summed E-state index contributed by atoms with van der Waals surface area (Å²) in [5.41, 5.74) is 1.15. The van der Waals surface area contributed by atoms with Crippen molar-refractivity contribution in [3.63, 3.8) is 0 Å². The van der Waals surface area contributed by atoms with Crippen LogP contribution in [0.25, 0.3) is 0 Å². The molecule has 6 heteroatoms. The molecule has 0 aromatic heterocycles. The van der Waals surface area contributed by atoms with Crippen molar-refractivity contribution in [1.82, 2.24) is 0 Å². The van der Waals surface area contributed by atoms with E-state index in [9.17, 15) is 4.79 Å². The zero-order valence-corrected chi connectivity index (χ0v) is 15.8. The highest BCUT2D eigenvalue weighted by Gasteiger charge is 2.16. The van der Waals surface area contributed by atoms with Gasteiger partial charge in [0.2, 0.25) is 0 Å². The number of benzene rings is 2. The lowest BCUT2D eigenvalue weighted by Gasteiger charge is -2.12. The predicted molar refractivity (Wildman–Crippen MR) is 103 cm³/mol. The number of amides is 1. The van der Waals surface area contributed by atoms with Crippen LogP contribution < -0.4 is 10.1 Å². The van der Waals surface area contributed by atoms with Crippen LogP contribution in [0.3, 0.4) is 0 Å². The molecule has 1 fully saturated rings. The smallest absolute Gasteiger partial charge is 0.255 e. The normalized spacial score (nSPS) is 16.8. The van der Waals surface area contributed by atoms with Crippen molar-refractivity contribution in [1.29, 1.82) is 0 Å². The number of halogens is 2. The van der Waals surface area contributed by atoms with Crippen molar-refractivity contribution in [2.75, 3.05) is 18.5 Å².